The average molecular weight is 278 g/mol. The summed E-state index contributed by atoms with van der Waals surface area (Å²) in [6.07, 6.45) is 2.42. The third-order valence-corrected chi connectivity index (χ3v) is 3.20. The lowest BCUT2D eigenvalue weighted by atomic mass is 10.1. The van der Waals surface area contributed by atoms with Crippen LogP contribution in [0.15, 0.2) is 30.3 Å². The molecule has 0 fully saturated rings. The van der Waals surface area contributed by atoms with E-state index < -0.39 is 6.04 Å². The molecule has 112 valence electrons. The van der Waals surface area contributed by atoms with Crippen molar-refractivity contribution in [1.29, 1.82) is 0 Å². The molecular formula is C16H26N2O2. The van der Waals surface area contributed by atoms with Crippen molar-refractivity contribution in [2.24, 2.45) is 5.73 Å². The van der Waals surface area contributed by atoms with Gasteiger partial charge in [0.1, 0.15) is 0 Å². The van der Waals surface area contributed by atoms with Gasteiger partial charge in [-0.25, -0.2) is 0 Å². The van der Waals surface area contributed by atoms with Crippen LogP contribution in [0.1, 0.15) is 31.7 Å². The maximum atomic E-state index is 12.4. The number of amides is 1. The number of nitrogens with two attached hydrogens (primary N) is 1. The molecule has 4 heteroatoms. The summed E-state index contributed by atoms with van der Waals surface area (Å²) < 4.78 is 5.00. The Balaban J connectivity index is 2.57. The Bertz CT molecular complexity index is 381. The quantitative estimate of drug-likeness (QED) is 0.704. The zero-order chi connectivity index (χ0) is 14.8. The highest BCUT2D eigenvalue weighted by molar-refractivity contribution is 5.81. The van der Waals surface area contributed by atoms with E-state index in [0.717, 1.165) is 24.9 Å². The molecule has 0 radical (unpaired) electrons. The fraction of sp³-hybridized carbons (Fsp3) is 0.562. The van der Waals surface area contributed by atoms with Gasteiger partial charge in [-0.1, -0.05) is 37.3 Å². The van der Waals surface area contributed by atoms with Crippen molar-refractivity contribution in [3.63, 3.8) is 0 Å². The molecule has 20 heavy (non-hydrogen) atoms. The summed E-state index contributed by atoms with van der Waals surface area (Å²) in [6, 6.07) is 9.59. The highest BCUT2D eigenvalue weighted by Gasteiger charge is 2.20. The number of hydrogen-bond donors (Lipinski definition) is 1. The summed E-state index contributed by atoms with van der Waals surface area (Å²) in [7, 11) is 1.66. The predicted molar refractivity (Wildman–Crippen MR) is 81.2 cm³/mol. The number of nitrogens with zero attached hydrogens (tertiary/aromatic N) is 1. The number of methoxy groups -OCH3 is 1. The van der Waals surface area contributed by atoms with E-state index in [4.69, 9.17) is 10.5 Å². The predicted octanol–water partition coefficient (Wildman–Crippen LogP) is 2.18. The lowest BCUT2D eigenvalue weighted by molar-refractivity contribution is -0.133. The maximum Gasteiger partial charge on any atom is 0.239 e. The molecule has 1 atom stereocenters. The highest BCUT2D eigenvalue weighted by Crippen LogP contribution is 2.08. The Kier molecular flexibility index (Phi) is 7.92. The summed E-state index contributed by atoms with van der Waals surface area (Å²) in [5.74, 6) is 0.0341. The van der Waals surface area contributed by atoms with Crippen LogP contribution in [0.5, 0.6) is 0 Å². The minimum atomic E-state index is -0.430. The van der Waals surface area contributed by atoms with Gasteiger partial charge >= 0.3 is 0 Å². The summed E-state index contributed by atoms with van der Waals surface area (Å²) in [5.41, 5.74) is 7.13. The van der Waals surface area contributed by atoms with Crippen LogP contribution in [-0.4, -0.2) is 37.1 Å². The molecule has 0 aliphatic carbocycles. The van der Waals surface area contributed by atoms with Crippen LogP contribution in [0, 0.1) is 0 Å². The molecular weight excluding hydrogens is 252 g/mol. The zero-order valence-corrected chi connectivity index (χ0v) is 12.5. The number of rotatable bonds is 9. The van der Waals surface area contributed by atoms with Crippen LogP contribution in [0.25, 0.3) is 0 Å². The second-order valence-corrected chi connectivity index (χ2v) is 4.99. The molecule has 4 nitrogen and oxygen atoms in total. The number of benzene rings is 1. The van der Waals surface area contributed by atoms with Crippen LogP contribution in [-0.2, 0) is 16.1 Å². The van der Waals surface area contributed by atoms with Gasteiger partial charge in [-0.2, -0.15) is 0 Å². The summed E-state index contributed by atoms with van der Waals surface area (Å²) in [4.78, 5) is 14.2. The van der Waals surface area contributed by atoms with E-state index >= 15 is 0 Å². The Morgan fingerprint density at radius 2 is 2.05 bits per heavy atom. The van der Waals surface area contributed by atoms with Crippen molar-refractivity contribution in [2.45, 2.75) is 38.8 Å². The Morgan fingerprint density at radius 1 is 1.35 bits per heavy atom. The monoisotopic (exact) mass is 278 g/mol. The van der Waals surface area contributed by atoms with Gasteiger partial charge in [0.15, 0.2) is 0 Å². The lowest BCUT2D eigenvalue weighted by Crippen LogP contribution is -2.43. The van der Waals surface area contributed by atoms with E-state index in [1.165, 1.54) is 0 Å². The summed E-state index contributed by atoms with van der Waals surface area (Å²) in [6.45, 7) is 4.09. The summed E-state index contributed by atoms with van der Waals surface area (Å²) >= 11 is 0. The van der Waals surface area contributed by atoms with Crippen molar-refractivity contribution >= 4 is 5.91 Å². The molecule has 1 unspecified atom stereocenters. The SMILES string of the molecule is CCCN(Cc1ccccc1)C(=O)C(N)CCCOC. The molecule has 0 saturated heterocycles. The first kappa shape index (κ1) is 16.7. The third-order valence-electron chi connectivity index (χ3n) is 3.20. The molecule has 1 aromatic rings. The molecule has 0 heterocycles. The highest BCUT2D eigenvalue weighted by atomic mass is 16.5. The van der Waals surface area contributed by atoms with Crippen LogP contribution in [0.3, 0.4) is 0 Å². The van der Waals surface area contributed by atoms with Gasteiger partial charge < -0.3 is 15.4 Å². The molecule has 0 aromatic heterocycles. The molecule has 0 aliphatic rings. The average Bonchev–Trinajstić information content (AvgIpc) is 2.47. The van der Waals surface area contributed by atoms with Crippen molar-refractivity contribution in [2.75, 3.05) is 20.3 Å². The lowest BCUT2D eigenvalue weighted by Gasteiger charge is -2.25. The smallest absolute Gasteiger partial charge is 0.239 e. The van der Waals surface area contributed by atoms with Crippen molar-refractivity contribution in [3.8, 4) is 0 Å². The fourth-order valence-electron chi connectivity index (χ4n) is 2.15. The fourth-order valence-corrected chi connectivity index (χ4v) is 2.15. The third kappa shape index (κ3) is 5.72. The zero-order valence-electron chi connectivity index (χ0n) is 12.5. The molecule has 0 aliphatic heterocycles. The Hall–Kier alpha value is -1.39. The van der Waals surface area contributed by atoms with E-state index in [2.05, 4.69) is 6.92 Å². The Labute approximate surface area is 121 Å². The van der Waals surface area contributed by atoms with Gasteiger partial charge in [-0.15, -0.1) is 0 Å². The van der Waals surface area contributed by atoms with Crippen molar-refractivity contribution in [3.05, 3.63) is 35.9 Å². The molecule has 0 bridgehead atoms. The second kappa shape index (κ2) is 9.50. The van der Waals surface area contributed by atoms with Gasteiger partial charge in [0, 0.05) is 26.8 Å². The van der Waals surface area contributed by atoms with Gasteiger partial charge in [-0.05, 0) is 24.8 Å². The van der Waals surface area contributed by atoms with E-state index in [0.29, 0.717) is 19.6 Å². The maximum absolute atomic E-state index is 12.4. The Morgan fingerprint density at radius 3 is 2.65 bits per heavy atom. The standard InChI is InChI=1S/C16H26N2O2/c1-3-11-18(13-14-8-5-4-6-9-14)16(19)15(17)10-7-12-20-2/h4-6,8-9,15H,3,7,10-13,17H2,1-2H3. The van der Waals surface area contributed by atoms with E-state index in [9.17, 15) is 4.79 Å². The van der Waals surface area contributed by atoms with E-state index in [-0.39, 0.29) is 5.91 Å². The van der Waals surface area contributed by atoms with Crippen LogP contribution < -0.4 is 5.73 Å². The van der Waals surface area contributed by atoms with Crippen LogP contribution in [0.2, 0.25) is 0 Å². The van der Waals surface area contributed by atoms with Crippen molar-refractivity contribution in [1.82, 2.24) is 4.90 Å². The molecule has 1 amide bonds. The molecule has 1 rings (SSSR count). The van der Waals surface area contributed by atoms with E-state index in [1.807, 2.05) is 35.2 Å². The van der Waals surface area contributed by atoms with Gasteiger partial charge in [-0.3, -0.25) is 4.79 Å². The molecule has 1 aromatic carbocycles. The second-order valence-electron chi connectivity index (χ2n) is 4.99. The normalized spacial score (nSPS) is 12.2. The topological polar surface area (TPSA) is 55.6 Å². The van der Waals surface area contributed by atoms with Crippen LogP contribution >= 0.6 is 0 Å². The minimum absolute atomic E-state index is 0.0341. The van der Waals surface area contributed by atoms with Gasteiger partial charge in [0.2, 0.25) is 5.91 Å². The minimum Gasteiger partial charge on any atom is -0.385 e. The first-order chi connectivity index (χ1) is 9.69. The molecule has 0 saturated carbocycles. The number of ether oxygens (including phenoxy) is 1. The van der Waals surface area contributed by atoms with Gasteiger partial charge in [0.05, 0.1) is 6.04 Å². The number of hydrogen-bond acceptors (Lipinski definition) is 3. The van der Waals surface area contributed by atoms with E-state index in [1.54, 1.807) is 7.11 Å². The number of carbonyl (C=O) groups excluding carboxylic acids is 1. The molecule has 0 spiro atoms. The summed E-state index contributed by atoms with van der Waals surface area (Å²) in [5, 5.41) is 0. The largest absolute Gasteiger partial charge is 0.385 e. The first-order valence-electron chi connectivity index (χ1n) is 7.26. The first-order valence-corrected chi connectivity index (χ1v) is 7.26. The van der Waals surface area contributed by atoms with Crippen molar-refractivity contribution < 1.29 is 9.53 Å². The van der Waals surface area contributed by atoms with Crippen LogP contribution in [0.4, 0.5) is 0 Å². The molecule has 2 N–H and O–H groups in total. The van der Waals surface area contributed by atoms with Gasteiger partial charge in [0.25, 0.3) is 0 Å². The number of carbonyl (C=O) groups is 1.